The Morgan fingerprint density at radius 3 is 2.04 bits per heavy atom. The average Bonchev–Trinajstić information content (AvgIpc) is 2.67. The summed E-state index contributed by atoms with van der Waals surface area (Å²) < 4.78 is 40.4. The highest BCUT2D eigenvalue weighted by Gasteiger charge is 2.31. The molecule has 1 amide bonds. The van der Waals surface area contributed by atoms with Crippen LogP contribution in [0.1, 0.15) is 33.6 Å². The van der Waals surface area contributed by atoms with Crippen molar-refractivity contribution in [3.8, 4) is 5.75 Å². The number of carbonyl (C=O) groups excluding carboxylic acids is 2. The fraction of sp³-hybridized carbons (Fsp3) is 0.300. The van der Waals surface area contributed by atoms with Crippen molar-refractivity contribution in [2.75, 3.05) is 13.1 Å². The molecule has 0 unspecified atom stereocenters. The lowest BCUT2D eigenvalue weighted by Crippen LogP contribution is -2.40. The highest BCUT2D eigenvalue weighted by molar-refractivity contribution is 5.98. The SMILES string of the molecule is O=C(c1ccccc1)C1CCN(C(=O)c2ccc(OC(F)(F)F)cc2)CC1. The summed E-state index contributed by atoms with van der Waals surface area (Å²) in [6.07, 6.45) is -3.64. The van der Waals surface area contributed by atoms with Crippen LogP contribution >= 0.6 is 0 Å². The van der Waals surface area contributed by atoms with Crippen LogP contribution in [0, 0.1) is 5.92 Å². The molecule has 1 heterocycles. The maximum Gasteiger partial charge on any atom is 0.573 e. The van der Waals surface area contributed by atoms with Crippen LogP contribution in [-0.2, 0) is 0 Å². The topological polar surface area (TPSA) is 46.6 Å². The van der Waals surface area contributed by atoms with Gasteiger partial charge in [0.15, 0.2) is 5.78 Å². The predicted octanol–water partition coefficient (Wildman–Crippen LogP) is 4.32. The Morgan fingerprint density at radius 2 is 1.48 bits per heavy atom. The Hall–Kier alpha value is -2.83. The minimum atomic E-state index is -4.77. The standard InChI is InChI=1S/C20H18F3NO3/c21-20(22,23)27-17-8-6-16(7-9-17)19(26)24-12-10-15(11-13-24)18(25)14-4-2-1-3-5-14/h1-9,15H,10-13H2. The van der Waals surface area contributed by atoms with Gasteiger partial charge < -0.3 is 9.64 Å². The van der Waals surface area contributed by atoms with E-state index in [1.54, 1.807) is 17.0 Å². The van der Waals surface area contributed by atoms with Crippen molar-refractivity contribution < 1.29 is 27.5 Å². The lowest BCUT2D eigenvalue weighted by Gasteiger charge is -2.31. The first-order valence-electron chi connectivity index (χ1n) is 8.58. The van der Waals surface area contributed by atoms with Gasteiger partial charge in [-0.05, 0) is 37.1 Å². The van der Waals surface area contributed by atoms with Gasteiger partial charge in [-0.3, -0.25) is 9.59 Å². The third-order valence-corrected chi connectivity index (χ3v) is 4.55. The van der Waals surface area contributed by atoms with E-state index in [0.717, 1.165) is 12.1 Å². The number of Topliss-reactive ketones (excluding diaryl/α,β-unsaturated/α-hetero) is 1. The van der Waals surface area contributed by atoms with Gasteiger partial charge in [0.1, 0.15) is 5.75 Å². The van der Waals surface area contributed by atoms with Gasteiger partial charge in [0.25, 0.3) is 5.91 Å². The monoisotopic (exact) mass is 377 g/mol. The zero-order valence-electron chi connectivity index (χ0n) is 14.4. The molecule has 2 aromatic rings. The normalized spacial score (nSPS) is 15.4. The third-order valence-electron chi connectivity index (χ3n) is 4.55. The van der Waals surface area contributed by atoms with E-state index in [1.165, 1.54) is 12.1 Å². The molecule has 3 rings (SSSR count). The summed E-state index contributed by atoms with van der Waals surface area (Å²) >= 11 is 0. The van der Waals surface area contributed by atoms with E-state index < -0.39 is 6.36 Å². The molecule has 1 fully saturated rings. The van der Waals surface area contributed by atoms with Crippen molar-refractivity contribution >= 4 is 11.7 Å². The molecule has 2 aromatic carbocycles. The number of halogens is 3. The number of rotatable bonds is 4. The smallest absolute Gasteiger partial charge is 0.406 e. The molecule has 1 saturated heterocycles. The number of likely N-dealkylation sites (tertiary alicyclic amines) is 1. The number of carbonyl (C=O) groups is 2. The van der Waals surface area contributed by atoms with Crippen molar-refractivity contribution in [3.63, 3.8) is 0 Å². The maximum absolute atomic E-state index is 12.5. The molecule has 0 saturated carbocycles. The number of nitrogens with zero attached hydrogens (tertiary/aromatic N) is 1. The van der Waals surface area contributed by atoms with Crippen molar-refractivity contribution in [3.05, 3.63) is 65.7 Å². The van der Waals surface area contributed by atoms with Crippen molar-refractivity contribution in [2.45, 2.75) is 19.2 Å². The third kappa shape index (κ3) is 4.87. The molecule has 4 nitrogen and oxygen atoms in total. The van der Waals surface area contributed by atoms with E-state index in [-0.39, 0.29) is 28.9 Å². The molecule has 0 N–H and O–H groups in total. The van der Waals surface area contributed by atoms with Crippen LogP contribution < -0.4 is 4.74 Å². The Morgan fingerprint density at radius 1 is 0.889 bits per heavy atom. The van der Waals surface area contributed by atoms with Crippen LogP contribution in [0.15, 0.2) is 54.6 Å². The Bertz CT molecular complexity index is 795. The highest BCUT2D eigenvalue weighted by Crippen LogP contribution is 2.25. The van der Waals surface area contributed by atoms with Crippen molar-refractivity contribution in [1.29, 1.82) is 0 Å². The molecule has 0 atom stereocenters. The van der Waals surface area contributed by atoms with Crippen molar-refractivity contribution in [2.24, 2.45) is 5.92 Å². The van der Waals surface area contributed by atoms with Gasteiger partial charge in [-0.1, -0.05) is 30.3 Å². The summed E-state index contributed by atoms with van der Waals surface area (Å²) in [6, 6.07) is 13.9. The largest absolute Gasteiger partial charge is 0.573 e. The fourth-order valence-corrected chi connectivity index (χ4v) is 3.16. The number of ketones is 1. The molecular weight excluding hydrogens is 359 g/mol. The molecular formula is C20H18F3NO3. The molecule has 0 spiro atoms. The molecule has 0 aliphatic carbocycles. The van der Waals surface area contributed by atoms with Gasteiger partial charge in [0, 0.05) is 30.1 Å². The number of hydrogen-bond acceptors (Lipinski definition) is 3. The minimum absolute atomic E-state index is 0.0800. The van der Waals surface area contributed by atoms with Crippen LogP contribution in [0.3, 0.4) is 0 Å². The van der Waals surface area contributed by atoms with Crippen molar-refractivity contribution in [1.82, 2.24) is 4.90 Å². The molecule has 0 bridgehead atoms. The van der Waals surface area contributed by atoms with E-state index in [4.69, 9.17) is 0 Å². The zero-order valence-corrected chi connectivity index (χ0v) is 14.4. The molecule has 0 aromatic heterocycles. The predicted molar refractivity (Wildman–Crippen MR) is 92.5 cm³/mol. The lowest BCUT2D eigenvalue weighted by atomic mass is 9.88. The number of benzene rings is 2. The van der Waals surface area contributed by atoms with Crippen LogP contribution in [0.2, 0.25) is 0 Å². The van der Waals surface area contributed by atoms with Gasteiger partial charge in [0.2, 0.25) is 0 Å². The van der Waals surface area contributed by atoms with E-state index in [2.05, 4.69) is 4.74 Å². The Labute approximate surface area is 154 Å². The van der Waals surface area contributed by atoms with E-state index >= 15 is 0 Å². The summed E-state index contributed by atoms with van der Waals surface area (Å²) in [7, 11) is 0. The summed E-state index contributed by atoms with van der Waals surface area (Å²) in [5.41, 5.74) is 0.958. The molecule has 1 aliphatic rings. The number of ether oxygens (including phenoxy) is 1. The van der Waals surface area contributed by atoms with E-state index in [1.807, 2.05) is 18.2 Å². The molecule has 142 valence electrons. The molecule has 7 heteroatoms. The van der Waals surface area contributed by atoms with Crippen LogP contribution in [0.5, 0.6) is 5.75 Å². The fourth-order valence-electron chi connectivity index (χ4n) is 3.16. The van der Waals surface area contributed by atoms with Crippen LogP contribution in [0.4, 0.5) is 13.2 Å². The van der Waals surface area contributed by atoms with Gasteiger partial charge in [0.05, 0.1) is 0 Å². The Kier molecular flexibility index (Phi) is 5.48. The Balaban J connectivity index is 1.57. The summed E-state index contributed by atoms with van der Waals surface area (Å²) in [4.78, 5) is 26.6. The number of hydrogen-bond donors (Lipinski definition) is 0. The van der Waals surface area contributed by atoms with Gasteiger partial charge in [-0.15, -0.1) is 13.2 Å². The van der Waals surface area contributed by atoms with Gasteiger partial charge in [-0.2, -0.15) is 0 Å². The first-order chi connectivity index (χ1) is 12.8. The second-order valence-corrected chi connectivity index (χ2v) is 6.37. The van der Waals surface area contributed by atoms with E-state index in [9.17, 15) is 22.8 Å². The summed E-state index contributed by atoms with van der Waals surface area (Å²) in [5.74, 6) is -0.680. The first-order valence-corrected chi connectivity index (χ1v) is 8.58. The number of amides is 1. The van der Waals surface area contributed by atoms with Gasteiger partial charge in [-0.25, -0.2) is 0 Å². The summed E-state index contributed by atoms with van der Waals surface area (Å²) in [5, 5.41) is 0. The lowest BCUT2D eigenvalue weighted by molar-refractivity contribution is -0.274. The van der Waals surface area contributed by atoms with Gasteiger partial charge >= 0.3 is 6.36 Å². The second-order valence-electron chi connectivity index (χ2n) is 6.37. The number of alkyl halides is 3. The average molecular weight is 377 g/mol. The zero-order chi connectivity index (χ0) is 19.4. The van der Waals surface area contributed by atoms with Crippen LogP contribution in [-0.4, -0.2) is 36.0 Å². The molecule has 27 heavy (non-hydrogen) atoms. The summed E-state index contributed by atoms with van der Waals surface area (Å²) in [6.45, 7) is 0.867. The second kappa shape index (κ2) is 7.82. The maximum atomic E-state index is 12.5. The quantitative estimate of drug-likeness (QED) is 0.746. The van der Waals surface area contributed by atoms with Crippen LogP contribution in [0.25, 0.3) is 0 Å². The number of piperidine rings is 1. The first kappa shape index (κ1) is 18.9. The molecule has 1 aliphatic heterocycles. The van der Waals surface area contributed by atoms with E-state index in [0.29, 0.717) is 31.5 Å². The minimum Gasteiger partial charge on any atom is -0.406 e. The highest BCUT2D eigenvalue weighted by atomic mass is 19.4. The molecule has 0 radical (unpaired) electrons.